The summed E-state index contributed by atoms with van der Waals surface area (Å²) in [4.78, 5) is 19.4. The number of nitrogens with two attached hydrogens (primary N) is 2. The molecule has 19 heavy (non-hydrogen) atoms. The van der Waals surface area contributed by atoms with Crippen molar-refractivity contribution >= 4 is 29.5 Å². The molecular weight excluding hydrogens is 266 g/mol. The van der Waals surface area contributed by atoms with Gasteiger partial charge in [-0.15, -0.1) is 11.8 Å². The Bertz CT molecular complexity index is 478. The molecule has 1 fully saturated rings. The largest absolute Gasteiger partial charge is 0.469 e. The lowest BCUT2D eigenvalue weighted by molar-refractivity contribution is -0.141. The zero-order valence-electron chi connectivity index (χ0n) is 10.7. The van der Waals surface area contributed by atoms with Gasteiger partial charge in [-0.2, -0.15) is 4.98 Å². The van der Waals surface area contributed by atoms with E-state index < -0.39 is 0 Å². The number of methoxy groups -OCH3 is 1. The lowest BCUT2D eigenvalue weighted by Crippen LogP contribution is -2.13. The van der Waals surface area contributed by atoms with Crippen LogP contribution in [-0.2, 0) is 9.53 Å². The van der Waals surface area contributed by atoms with E-state index in [1.54, 1.807) is 17.8 Å². The first kappa shape index (κ1) is 13.9. The first-order valence-corrected chi connectivity index (χ1v) is 6.86. The van der Waals surface area contributed by atoms with E-state index in [4.69, 9.17) is 16.3 Å². The Balaban J connectivity index is 1.95. The van der Waals surface area contributed by atoms with E-state index in [1.165, 1.54) is 7.11 Å². The summed E-state index contributed by atoms with van der Waals surface area (Å²) in [6, 6.07) is 1.73. The molecule has 1 heterocycles. The molecule has 7 nitrogen and oxygen atoms in total. The van der Waals surface area contributed by atoms with Crippen molar-refractivity contribution in [1.29, 1.82) is 0 Å². The molecule has 0 amide bonds. The minimum absolute atomic E-state index is 0.0494. The number of nitrogens with zero attached hydrogens (tertiary/aromatic N) is 2. The Labute approximate surface area is 115 Å². The van der Waals surface area contributed by atoms with Gasteiger partial charge in [-0.25, -0.2) is 10.8 Å². The van der Waals surface area contributed by atoms with Crippen LogP contribution in [-0.4, -0.2) is 28.8 Å². The van der Waals surface area contributed by atoms with Crippen LogP contribution in [0.4, 0.5) is 11.8 Å². The number of hydrogen-bond acceptors (Lipinski definition) is 8. The topological polar surface area (TPSA) is 116 Å². The highest BCUT2D eigenvalue weighted by molar-refractivity contribution is 7.99. The first-order valence-electron chi connectivity index (χ1n) is 5.88. The Morgan fingerprint density at radius 3 is 2.89 bits per heavy atom. The second-order valence-corrected chi connectivity index (χ2v) is 5.63. The van der Waals surface area contributed by atoms with Crippen LogP contribution in [0.25, 0.3) is 0 Å². The first-order chi connectivity index (χ1) is 9.07. The van der Waals surface area contributed by atoms with Crippen LogP contribution < -0.4 is 17.0 Å². The summed E-state index contributed by atoms with van der Waals surface area (Å²) in [5.41, 5.74) is 8.08. The highest BCUT2D eigenvalue weighted by atomic mass is 32.2. The fourth-order valence-electron chi connectivity index (χ4n) is 1.75. The molecule has 104 valence electrons. The van der Waals surface area contributed by atoms with Crippen LogP contribution in [0.5, 0.6) is 0 Å². The van der Waals surface area contributed by atoms with Gasteiger partial charge in [0.1, 0.15) is 10.8 Å². The molecule has 1 saturated carbocycles. The summed E-state index contributed by atoms with van der Waals surface area (Å²) >= 11 is 1.55. The van der Waals surface area contributed by atoms with E-state index in [0.29, 0.717) is 12.2 Å². The van der Waals surface area contributed by atoms with Crippen molar-refractivity contribution in [3.63, 3.8) is 0 Å². The van der Waals surface area contributed by atoms with Gasteiger partial charge in [0.05, 0.1) is 13.5 Å². The minimum Gasteiger partial charge on any atom is -0.469 e. The summed E-state index contributed by atoms with van der Waals surface area (Å²) in [5.74, 6) is 6.60. The summed E-state index contributed by atoms with van der Waals surface area (Å²) in [7, 11) is 1.41. The third-order valence-corrected chi connectivity index (χ3v) is 4.36. The number of anilines is 2. The molecule has 5 N–H and O–H groups in total. The Hall–Kier alpha value is -1.54. The molecule has 1 aromatic rings. The fourth-order valence-corrected chi connectivity index (χ4v) is 2.94. The van der Waals surface area contributed by atoms with E-state index in [1.807, 2.05) is 0 Å². The number of aromatic nitrogens is 2. The fraction of sp³-hybridized carbons (Fsp3) is 0.545. The number of thioether (sulfide) groups is 1. The van der Waals surface area contributed by atoms with Gasteiger partial charge in [0.2, 0.25) is 5.95 Å². The molecule has 0 radical (unpaired) electrons. The minimum atomic E-state index is -0.162. The Morgan fingerprint density at radius 2 is 2.32 bits per heavy atom. The number of esters is 1. The number of rotatable bonds is 6. The molecular formula is C11H17N5O2S. The van der Waals surface area contributed by atoms with Crippen LogP contribution in [0.3, 0.4) is 0 Å². The number of hydrogen-bond donors (Lipinski definition) is 3. The van der Waals surface area contributed by atoms with Gasteiger partial charge in [-0.3, -0.25) is 4.79 Å². The quantitative estimate of drug-likeness (QED) is 0.230. The van der Waals surface area contributed by atoms with Crippen molar-refractivity contribution < 1.29 is 9.53 Å². The Morgan fingerprint density at radius 1 is 1.58 bits per heavy atom. The monoisotopic (exact) mass is 283 g/mol. The molecule has 0 saturated heterocycles. The van der Waals surface area contributed by atoms with Gasteiger partial charge in [0, 0.05) is 11.8 Å². The molecule has 2 rings (SSSR count). The third-order valence-electron chi connectivity index (χ3n) is 3.10. The standard InChI is InChI=1S/C11H17N5O2S/c1-18-9(17)5-11(2-3-11)6-19-8-4-7(16-13)14-10(12)15-8/h4H,2-3,5-6,13H2,1H3,(H3,12,14,15,16). The second-order valence-electron chi connectivity index (χ2n) is 4.64. The number of hydrazine groups is 1. The average molecular weight is 283 g/mol. The summed E-state index contributed by atoms with van der Waals surface area (Å²) in [6.07, 6.45) is 2.54. The van der Waals surface area contributed by atoms with Crippen molar-refractivity contribution in [1.82, 2.24) is 9.97 Å². The Kier molecular flexibility index (Phi) is 4.11. The van der Waals surface area contributed by atoms with Gasteiger partial charge >= 0.3 is 5.97 Å². The maximum Gasteiger partial charge on any atom is 0.306 e. The van der Waals surface area contributed by atoms with Crippen LogP contribution in [0, 0.1) is 5.41 Å². The van der Waals surface area contributed by atoms with Crippen molar-refractivity contribution in [2.75, 3.05) is 24.0 Å². The van der Waals surface area contributed by atoms with E-state index in [9.17, 15) is 4.79 Å². The van der Waals surface area contributed by atoms with Crippen LogP contribution >= 0.6 is 11.8 Å². The number of nitrogen functional groups attached to an aromatic ring is 2. The van der Waals surface area contributed by atoms with Gasteiger partial charge in [0.15, 0.2) is 0 Å². The molecule has 1 aliphatic rings. The van der Waals surface area contributed by atoms with Crippen molar-refractivity contribution in [3.05, 3.63) is 6.07 Å². The molecule has 0 aliphatic heterocycles. The summed E-state index contributed by atoms with van der Waals surface area (Å²) in [6.45, 7) is 0. The van der Waals surface area contributed by atoms with Gasteiger partial charge in [-0.1, -0.05) is 0 Å². The number of carbonyl (C=O) groups excluding carboxylic acids is 1. The second kappa shape index (κ2) is 5.62. The van der Waals surface area contributed by atoms with Gasteiger partial charge in [0.25, 0.3) is 0 Å². The highest BCUT2D eigenvalue weighted by Gasteiger charge is 2.44. The average Bonchev–Trinajstić information content (AvgIpc) is 3.16. The zero-order chi connectivity index (χ0) is 13.9. The maximum absolute atomic E-state index is 11.3. The highest BCUT2D eigenvalue weighted by Crippen LogP contribution is 2.52. The molecule has 0 atom stereocenters. The van der Waals surface area contributed by atoms with Crippen LogP contribution in [0.1, 0.15) is 19.3 Å². The lowest BCUT2D eigenvalue weighted by atomic mass is 10.1. The lowest BCUT2D eigenvalue weighted by Gasteiger charge is -2.13. The molecule has 0 unspecified atom stereocenters. The van der Waals surface area contributed by atoms with Crippen LogP contribution in [0.15, 0.2) is 11.1 Å². The number of carbonyl (C=O) groups is 1. The molecule has 8 heteroatoms. The van der Waals surface area contributed by atoms with Crippen molar-refractivity contribution in [2.24, 2.45) is 11.3 Å². The van der Waals surface area contributed by atoms with E-state index in [-0.39, 0.29) is 17.3 Å². The van der Waals surface area contributed by atoms with Gasteiger partial charge < -0.3 is 15.9 Å². The SMILES string of the molecule is COC(=O)CC1(CSc2cc(NN)nc(N)n2)CC1. The van der Waals surface area contributed by atoms with Crippen molar-refractivity contribution in [2.45, 2.75) is 24.3 Å². The van der Waals surface area contributed by atoms with E-state index >= 15 is 0 Å². The molecule has 0 spiro atoms. The summed E-state index contributed by atoms with van der Waals surface area (Å²) < 4.78 is 4.71. The number of ether oxygens (including phenoxy) is 1. The molecule has 1 aromatic heterocycles. The number of nitrogens with one attached hydrogen (secondary N) is 1. The maximum atomic E-state index is 11.3. The van der Waals surface area contributed by atoms with E-state index in [2.05, 4.69) is 15.4 Å². The van der Waals surface area contributed by atoms with Crippen LogP contribution in [0.2, 0.25) is 0 Å². The normalized spacial score (nSPS) is 15.9. The predicted octanol–water partition coefficient (Wildman–Crippen LogP) is 0.780. The third kappa shape index (κ3) is 3.71. The zero-order valence-corrected chi connectivity index (χ0v) is 11.5. The predicted molar refractivity (Wildman–Crippen MR) is 73.3 cm³/mol. The van der Waals surface area contributed by atoms with E-state index in [0.717, 1.165) is 23.6 Å². The molecule has 0 bridgehead atoms. The van der Waals surface area contributed by atoms with Gasteiger partial charge in [-0.05, 0) is 18.3 Å². The smallest absolute Gasteiger partial charge is 0.306 e. The summed E-state index contributed by atoms with van der Waals surface area (Å²) in [5, 5.41) is 0.747. The van der Waals surface area contributed by atoms with Crippen molar-refractivity contribution in [3.8, 4) is 0 Å². The molecule has 1 aliphatic carbocycles. The molecule has 0 aromatic carbocycles.